The highest BCUT2D eigenvalue weighted by Gasteiger charge is 2.29. The number of nitrogens with zero attached hydrogens (tertiary/aromatic N) is 2. The van der Waals surface area contributed by atoms with Gasteiger partial charge in [-0.2, -0.15) is 0 Å². The van der Waals surface area contributed by atoms with Crippen molar-refractivity contribution >= 4 is 62.3 Å². The quantitative estimate of drug-likeness (QED) is 0.318. The fourth-order valence-electron chi connectivity index (χ4n) is 3.95. The lowest BCUT2D eigenvalue weighted by molar-refractivity contribution is -0.141. The van der Waals surface area contributed by atoms with Gasteiger partial charge < -0.3 is 10.2 Å². The summed E-state index contributed by atoms with van der Waals surface area (Å²) in [4.78, 5) is 27.9. The average molecular weight is 591 g/mol. The van der Waals surface area contributed by atoms with Crippen molar-refractivity contribution in [1.29, 1.82) is 0 Å². The zero-order valence-corrected chi connectivity index (χ0v) is 24.6. The fourth-order valence-corrected chi connectivity index (χ4v) is 5.46. The molecule has 204 valence electrons. The number of halogens is 3. The van der Waals surface area contributed by atoms with Crippen LogP contribution in [-0.2, 0) is 26.2 Å². The van der Waals surface area contributed by atoms with Crippen LogP contribution in [0.4, 0.5) is 5.69 Å². The molecule has 2 aromatic rings. The van der Waals surface area contributed by atoms with E-state index in [9.17, 15) is 18.0 Å². The Morgan fingerprint density at radius 1 is 1.03 bits per heavy atom. The number of sulfonamides is 1. The van der Waals surface area contributed by atoms with Gasteiger partial charge in [0.1, 0.15) is 6.04 Å². The highest BCUT2D eigenvalue weighted by atomic mass is 35.5. The van der Waals surface area contributed by atoms with Crippen molar-refractivity contribution < 1.29 is 18.0 Å². The minimum absolute atomic E-state index is 0.0461. The van der Waals surface area contributed by atoms with Crippen LogP contribution in [0, 0.1) is 6.92 Å². The number of aryl methyl sites for hydroxylation is 1. The van der Waals surface area contributed by atoms with E-state index < -0.39 is 16.1 Å². The lowest BCUT2D eigenvalue weighted by Gasteiger charge is -2.31. The van der Waals surface area contributed by atoms with Gasteiger partial charge in [0.2, 0.25) is 21.8 Å². The van der Waals surface area contributed by atoms with Crippen LogP contribution in [0.3, 0.4) is 0 Å². The number of hydrogen-bond acceptors (Lipinski definition) is 4. The molecule has 7 nitrogen and oxygen atoms in total. The van der Waals surface area contributed by atoms with Gasteiger partial charge in [-0.1, -0.05) is 60.8 Å². The molecule has 2 rings (SSSR count). The van der Waals surface area contributed by atoms with Crippen LogP contribution >= 0.6 is 34.8 Å². The molecule has 1 N–H and O–H groups in total. The molecular formula is C26H34Cl3N3O4S. The summed E-state index contributed by atoms with van der Waals surface area (Å²) < 4.78 is 26.4. The summed E-state index contributed by atoms with van der Waals surface area (Å²) in [6.07, 6.45) is 2.61. The molecule has 11 heteroatoms. The molecule has 0 spiro atoms. The minimum atomic E-state index is -3.62. The second kappa shape index (κ2) is 14.2. The first-order chi connectivity index (χ1) is 17.4. The summed E-state index contributed by atoms with van der Waals surface area (Å²) in [6.45, 7) is 6.36. The van der Waals surface area contributed by atoms with Crippen molar-refractivity contribution in [3.05, 3.63) is 62.6 Å². The summed E-state index contributed by atoms with van der Waals surface area (Å²) >= 11 is 18.3. The molecule has 2 amide bonds. The first kappa shape index (κ1) is 31.2. The van der Waals surface area contributed by atoms with Gasteiger partial charge in [-0.25, -0.2) is 8.42 Å². The Morgan fingerprint density at radius 2 is 1.73 bits per heavy atom. The molecule has 0 bridgehead atoms. The molecule has 1 atom stereocenters. The maximum Gasteiger partial charge on any atom is 0.242 e. The largest absolute Gasteiger partial charge is 0.354 e. The van der Waals surface area contributed by atoms with E-state index in [1.807, 2.05) is 13.8 Å². The zero-order chi connectivity index (χ0) is 27.8. The van der Waals surface area contributed by atoms with E-state index in [0.717, 1.165) is 23.8 Å². The number of carbonyl (C=O) groups excluding carboxylic acids is 2. The molecule has 1 unspecified atom stereocenters. The summed E-state index contributed by atoms with van der Waals surface area (Å²) in [6, 6.07) is 9.45. The Bertz CT molecular complexity index is 1210. The molecule has 0 aliphatic rings. The van der Waals surface area contributed by atoms with E-state index in [1.165, 1.54) is 9.21 Å². The van der Waals surface area contributed by atoms with Crippen LogP contribution in [-0.4, -0.2) is 50.5 Å². The van der Waals surface area contributed by atoms with Crippen LogP contribution < -0.4 is 9.62 Å². The third-order valence-electron chi connectivity index (χ3n) is 5.86. The lowest BCUT2D eigenvalue weighted by atomic mass is 10.1. The van der Waals surface area contributed by atoms with Gasteiger partial charge in [0.05, 0.1) is 22.0 Å². The van der Waals surface area contributed by atoms with E-state index in [1.54, 1.807) is 43.3 Å². The normalized spacial score (nSPS) is 12.2. The van der Waals surface area contributed by atoms with E-state index in [-0.39, 0.29) is 37.7 Å². The van der Waals surface area contributed by atoms with Gasteiger partial charge in [0.15, 0.2) is 0 Å². The number of nitrogens with one attached hydrogen (secondary N) is 1. The van der Waals surface area contributed by atoms with E-state index in [0.29, 0.717) is 33.7 Å². The third kappa shape index (κ3) is 9.06. The smallest absolute Gasteiger partial charge is 0.242 e. The lowest BCUT2D eigenvalue weighted by Crippen LogP contribution is -2.49. The summed E-state index contributed by atoms with van der Waals surface area (Å²) in [7, 11) is -3.62. The van der Waals surface area contributed by atoms with Crippen molar-refractivity contribution in [2.75, 3.05) is 23.7 Å². The SMILES string of the molecule is CCCNC(=O)C(CC)N(Cc1ccc(Cl)c(Cl)c1)C(=O)CCCN(c1cc(Cl)ccc1C)S(C)(=O)=O. The van der Waals surface area contributed by atoms with Crippen molar-refractivity contribution in [2.24, 2.45) is 0 Å². The third-order valence-corrected chi connectivity index (χ3v) is 8.02. The topological polar surface area (TPSA) is 86.8 Å². The highest BCUT2D eigenvalue weighted by molar-refractivity contribution is 7.92. The van der Waals surface area contributed by atoms with Gasteiger partial charge in [-0.05, 0) is 61.6 Å². The molecule has 0 heterocycles. The van der Waals surface area contributed by atoms with E-state index in [4.69, 9.17) is 34.8 Å². The number of amides is 2. The Hall–Kier alpha value is -2.00. The zero-order valence-electron chi connectivity index (χ0n) is 21.6. The van der Waals surface area contributed by atoms with Crippen LogP contribution in [0.5, 0.6) is 0 Å². The van der Waals surface area contributed by atoms with Crippen LogP contribution in [0.2, 0.25) is 15.1 Å². The second-order valence-corrected chi connectivity index (χ2v) is 12.0. The van der Waals surface area contributed by atoms with Gasteiger partial charge in [-0.3, -0.25) is 13.9 Å². The molecule has 0 aliphatic carbocycles. The monoisotopic (exact) mass is 589 g/mol. The molecular weight excluding hydrogens is 557 g/mol. The summed E-state index contributed by atoms with van der Waals surface area (Å²) in [5.74, 6) is -0.495. The number of rotatable bonds is 13. The predicted octanol–water partition coefficient (Wildman–Crippen LogP) is 5.84. The molecule has 2 aromatic carbocycles. The fraction of sp³-hybridized carbons (Fsp3) is 0.462. The highest BCUT2D eigenvalue weighted by Crippen LogP contribution is 2.27. The van der Waals surface area contributed by atoms with Gasteiger partial charge in [-0.15, -0.1) is 0 Å². The van der Waals surface area contributed by atoms with Crippen molar-refractivity contribution in [2.45, 2.75) is 59.0 Å². The van der Waals surface area contributed by atoms with Crippen molar-refractivity contribution in [3.63, 3.8) is 0 Å². The number of hydrogen-bond donors (Lipinski definition) is 1. The first-order valence-electron chi connectivity index (χ1n) is 12.1. The van der Waals surface area contributed by atoms with Gasteiger partial charge in [0.25, 0.3) is 0 Å². The van der Waals surface area contributed by atoms with Crippen LogP contribution in [0.1, 0.15) is 50.7 Å². The van der Waals surface area contributed by atoms with Gasteiger partial charge >= 0.3 is 0 Å². The first-order valence-corrected chi connectivity index (χ1v) is 15.1. The average Bonchev–Trinajstić information content (AvgIpc) is 2.83. The number of benzene rings is 2. The Morgan fingerprint density at radius 3 is 2.32 bits per heavy atom. The minimum Gasteiger partial charge on any atom is -0.354 e. The summed E-state index contributed by atoms with van der Waals surface area (Å²) in [5, 5.41) is 4.04. The van der Waals surface area contributed by atoms with Crippen molar-refractivity contribution in [1.82, 2.24) is 10.2 Å². The Labute approximate surface area is 235 Å². The molecule has 37 heavy (non-hydrogen) atoms. The Kier molecular flexibility index (Phi) is 12.0. The molecule has 0 fully saturated rings. The molecule has 0 radical (unpaired) electrons. The van der Waals surface area contributed by atoms with E-state index in [2.05, 4.69) is 5.32 Å². The van der Waals surface area contributed by atoms with Crippen LogP contribution in [0.15, 0.2) is 36.4 Å². The maximum absolute atomic E-state index is 13.5. The van der Waals surface area contributed by atoms with Gasteiger partial charge in [0, 0.05) is 31.1 Å². The molecule has 0 aliphatic heterocycles. The van der Waals surface area contributed by atoms with Crippen molar-refractivity contribution in [3.8, 4) is 0 Å². The number of anilines is 1. The molecule has 0 saturated heterocycles. The molecule has 0 aromatic heterocycles. The predicted molar refractivity (Wildman–Crippen MR) is 152 cm³/mol. The summed E-state index contributed by atoms with van der Waals surface area (Å²) in [5.41, 5.74) is 1.96. The molecule has 0 saturated carbocycles. The number of carbonyl (C=O) groups is 2. The van der Waals surface area contributed by atoms with E-state index >= 15 is 0 Å². The van der Waals surface area contributed by atoms with Crippen LogP contribution in [0.25, 0.3) is 0 Å². The maximum atomic E-state index is 13.5. The Balaban J connectivity index is 2.26. The standard InChI is InChI=1S/C26H34Cl3N3O4S/c1-5-13-30-26(34)23(6-2)31(17-19-10-12-21(28)22(29)15-19)25(33)8-7-14-32(37(4,35)36)24-16-20(27)11-9-18(24)3/h9-12,15-16,23H,5-8,13-14,17H2,1-4H3,(H,30,34). The second-order valence-electron chi connectivity index (χ2n) is 8.85.